The maximum absolute atomic E-state index is 6.05. The maximum atomic E-state index is 6.05. The number of rotatable bonds is 2. The third-order valence-corrected chi connectivity index (χ3v) is 3.93. The van der Waals surface area contributed by atoms with E-state index in [4.69, 9.17) is 17.3 Å². The second-order valence-corrected chi connectivity index (χ2v) is 4.99. The van der Waals surface area contributed by atoms with E-state index in [9.17, 15) is 0 Å². The highest BCUT2D eigenvalue weighted by Crippen LogP contribution is 2.33. The minimum atomic E-state index is 0.164. The number of benzene rings is 1. The molecule has 3 aromatic rings. The fourth-order valence-electron chi connectivity index (χ4n) is 1.68. The average molecular weight is 340 g/mol. The lowest BCUT2D eigenvalue weighted by Crippen LogP contribution is -2.01. The van der Waals surface area contributed by atoms with Crippen LogP contribution in [0.1, 0.15) is 0 Å². The molecule has 0 radical (unpaired) electrons. The first-order valence-electron chi connectivity index (χ1n) is 5.33. The second-order valence-electron chi connectivity index (χ2n) is 3.79. The number of hydrogen-bond donors (Lipinski definition) is 3. The monoisotopic (exact) mass is 338 g/mol. The van der Waals surface area contributed by atoms with Crippen molar-refractivity contribution >= 4 is 56.0 Å². The SMILES string of the molecule is Nc1nc(Nc2cccc(Cl)c2Br)c2cn[nH]c2n1. The zero-order valence-corrected chi connectivity index (χ0v) is 11.8. The summed E-state index contributed by atoms with van der Waals surface area (Å²) in [4.78, 5) is 8.22. The van der Waals surface area contributed by atoms with E-state index in [1.807, 2.05) is 12.1 Å². The number of H-pyrrole nitrogens is 1. The second kappa shape index (κ2) is 4.67. The van der Waals surface area contributed by atoms with Gasteiger partial charge in [-0.2, -0.15) is 15.1 Å². The number of anilines is 3. The highest BCUT2D eigenvalue weighted by atomic mass is 79.9. The Morgan fingerprint density at radius 2 is 2.16 bits per heavy atom. The van der Waals surface area contributed by atoms with E-state index in [-0.39, 0.29) is 5.95 Å². The number of nitrogens with two attached hydrogens (primary N) is 1. The third-order valence-electron chi connectivity index (χ3n) is 2.53. The Morgan fingerprint density at radius 3 is 3.00 bits per heavy atom. The van der Waals surface area contributed by atoms with Gasteiger partial charge >= 0.3 is 0 Å². The number of nitrogens with zero attached hydrogens (tertiary/aromatic N) is 3. The van der Waals surface area contributed by atoms with E-state index in [2.05, 4.69) is 41.4 Å². The molecule has 3 rings (SSSR count). The van der Waals surface area contributed by atoms with Crippen molar-refractivity contribution in [1.29, 1.82) is 0 Å². The van der Waals surface area contributed by atoms with Gasteiger partial charge in [-0.15, -0.1) is 0 Å². The molecule has 96 valence electrons. The largest absolute Gasteiger partial charge is 0.368 e. The van der Waals surface area contributed by atoms with E-state index in [0.717, 1.165) is 15.5 Å². The zero-order valence-electron chi connectivity index (χ0n) is 9.48. The minimum absolute atomic E-state index is 0.164. The Labute approximate surface area is 121 Å². The van der Waals surface area contributed by atoms with Crippen LogP contribution in [0.15, 0.2) is 28.9 Å². The topological polar surface area (TPSA) is 92.5 Å². The molecule has 0 aliphatic rings. The van der Waals surface area contributed by atoms with Gasteiger partial charge in [-0.05, 0) is 28.1 Å². The first-order valence-corrected chi connectivity index (χ1v) is 6.50. The van der Waals surface area contributed by atoms with Crippen LogP contribution >= 0.6 is 27.5 Å². The molecule has 4 N–H and O–H groups in total. The first kappa shape index (κ1) is 12.2. The van der Waals surface area contributed by atoms with Crippen LogP contribution in [0.2, 0.25) is 5.02 Å². The number of nitrogen functional groups attached to an aromatic ring is 1. The van der Waals surface area contributed by atoms with E-state index < -0.39 is 0 Å². The minimum Gasteiger partial charge on any atom is -0.368 e. The van der Waals surface area contributed by atoms with Gasteiger partial charge < -0.3 is 11.1 Å². The van der Waals surface area contributed by atoms with Crippen LogP contribution in [0.4, 0.5) is 17.5 Å². The summed E-state index contributed by atoms with van der Waals surface area (Å²) in [5.41, 5.74) is 7.02. The van der Waals surface area contributed by atoms with E-state index in [0.29, 0.717) is 16.5 Å². The lowest BCUT2D eigenvalue weighted by atomic mass is 10.3. The molecule has 0 amide bonds. The lowest BCUT2D eigenvalue weighted by Gasteiger charge is -2.09. The summed E-state index contributed by atoms with van der Waals surface area (Å²) < 4.78 is 0.755. The predicted octanol–water partition coefficient (Wildman–Crippen LogP) is 3.09. The van der Waals surface area contributed by atoms with Gasteiger partial charge in [0.05, 0.1) is 26.8 Å². The van der Waals surface area contributed by atoms with Crippen molar-refractivity contribution in [3.8, 4) is 0 Å². The van der Waals surface area contributed by atoms with E-state index >= 15 is 0 Å². The standard InChI is InChI=1S/C11H8BrClN6/c12-8-6(13)2-1-3-7(8)16-9-5-4-15-19-10(5)18-11(14)17-9/h1-4H,(H4,14,15,16,17,18,19). The number of halogens is 2. The molecule has 0 saturated carbocycles. The highest BCUT2D eigenvalue weighted by Gasteiger charge is 2.10. The fraction of sp³-hybridized carbons (Fsp3) is 0. The van der Waals surface area contributed by atoms with Crippen molar-refractivity contribution < 1.29 is 0 Å². The molecule has 0 aliphatic carbocycles. The van der Waals surface area contributed by atoms with Gasteiger partial charge in [-0.3, -0.25) is 5.10 Å². The summed E-state index contributed by atoms with van der Waals surface area (Å²) >= 11 is 9.46. The van der Waals surface area contributed by atoms with Crippen molar-refractivity contribution in [3.63, 3.8) is 0 Å². The summed E-state index contributed by atoms with van der Waals surface area (Å²) in [5, 5.41) is 11.2. The van der Waals surface area contributed by atoms with Crippen molar-refractivity contribution in [2.45, 2.75) is 0 Å². The number of nitrogens with one attached hydrogen (secondary N) is 2. The van der Waals surface area contributed by atoms with Crippen LogP contribution < -0.4 is 11.1 Å². The van der Waals surface area contributed by atoms with Crippen molar-refractivity contribution in [3.05, 3.63) is 33.9 Å². The molecule has 0 spiro atoms. The van der Waals surface area contributed by atoms with Crippen LogP contribution in [-0.2, 0) is 0 Å². The van der Waals surface area contributed by atoms with Gasteiger partial charge in [0.1, 0.15) is 5.82 Å². The van der Waals surface area contributed by atoms with Crippen LogP contribution in [0.25, 0.3) is 11.0 Å². The molecular formula is C11H8BrClN6. The van der Waals surface area contributed by atoms with E-state index in [1.165, 1.54) is 0 Å². The average Bonchev–Trinajstić information content (AvgIpc) is 2.83. The molecule has 0 saturated heterocycles. The Bertz CT molecular complexity index is 756. The molecule has 6 nitrogen and oxygen atoms in total. The molecule has 8 heteroatoms. The van der Waals surface area contributed by atoms with Crippen LogP contribution in [0, 0.1) is 0 Å². The van der Waals surface area contributed by atoms with Crippen molar-refractivity contribution in [2.24, 2.45) is 0 Å². The van der Waals surface area contributed by atoms with Gasteiger partial charge in [-0.25, -0.2) is 0 Å². The van der Waals surface area contributed by atoms with Gasteiger partial charge in [-0.1, -0.05) is 17.7 Å². The molecule has 0 bridgehead atoms. The molecule has 2 heterocycles. The lowest BCUT2D eigenvalue weighted by molar-refractivity contribution is 1.09. The molecule has 2 aromatic heterocycles. The Kier molecular flexibility index (Phi) is 3.00. The number of fused-ring (bicyclic) bond motifs is 1. The quantitative estimate of drug-likeness (QED) is 0.667. The molecule has 0 fully saturated rings. The highest BCUT2D eigenvalue weighted by molar-refractivity contribution is 9.10. The summed E-state index contributed by atoms with van der Waals surface area (Å²) in [6, 6.07) is 5.51. The van der Waals surface area contributed by atoms with Crippen LogP contribution in [-0.4, -0.2) is 20.2 Å². The number of aromatic amines is 1. The number of hydrogen-bond acceptors (Lipinski definition) is 5. The van der Waals surface area contributed by atoms with Gasteiger partial charge in [0, 0.05) is 0 Å². The van der Waals surface area contributed by atoms with Crippen molar-refractivity contribution in [2.75, 3.05) is 11.1 Å². The predicted molar refractivity (Wildman–Crippen MR) is 78.5 cm³/mol. The number of aromatic nitrogens is 4. The van der Waals surface area contributed by atoms with Crippen LogP contribution in [0.5, 0.6) is 0 Å². The Balaban J connectivity index is 2.10. The summed E-state index contributed by atoms with van der Waals surface area (Å²) in [7, 11) is 0. The third kappa shape index (κ3) is 2.22. The maximum Gasteiger partial charge on any atom is 0.224 e. The van der Waals surface area contributed by atoms with Gasteiger partial charge in [0.25, 0.3) is 0 Å². The van der Waals surface area contributed by atoms with E-state index in [1.54, 1.807) is 12.3 Å². The molecule has 0 aliphatic heterocycles. The molecule has 19 heavy (non-hydrogen) atoms. The van der Waals surface area contributed by atoms with Gasteiger partial charge in [0.15, 0.2) is 5.65 Å². The zero-order chi connectivity index (χ0) is 13.4. The Morgan fingerprint density at radius 1 is 1.32 bits per heavy atom. The molecule has 0 unspecified atom stereocenters. The summed E-state index contributed by atoms with van der Waals surface area (Å²) in [6.45, 7) is 0. The molecule has 0 atom stereocenters. The first-order chi connectivity index (χ1) is 9.15. The van der Waals surface area contributed by atoms with Gasteiger partial charge in [0.2, 0.25) is 5.95 Å². The molecular weight excluding hydrogens is 332 g/mol. The normalized spacial score (nSPS) is 10.8. The van der Waals surface area contributed by atoms with Crippen LogP contribution in [0.3, 0.4) is 0 Å². The van der Waals surface area contributed by atoms with Crippen molar-refractivity contribution in [1.82, 2.24) is 20.2 Å². The smallest absolute Gasteiger partial charge is 0.224 e. The molecule has 1 aromatic carbocycles. The Hall–Kier alpha value is -1.86. The summed E-state index contributed by atoms with van der Waals surface area (Å²) in [5.74, 6) is 0.733. The summed E-state index contributed by atoms with van der Waals surface area (Å²) in [6.07, 6.45) is 1.63. The fourth-order valence-corrected chi connectivity index (χ4v) is 2.21.